The number of hydrogen-bond acceptors (Lipinski definition) is 4. The van der Waals surface area contributed by atoms with Crippen LogP contribution in [0.3, 0.4) is 0 Å². The first-order chi connectivity index (χ1) is 9.72. The summed E-state index contributed by atoms with van der Waals surface area (Å²) in [5.74, 6) is 0.0495. The van der Waals surface area contributed by atoms with Gasteiger partial charge in [0.15, 0.2) is 11.0 Å². The zero-order valence-electron chi connectivity index (χ0n) is 10.6. The number of methoxy groups -OCH3 is 1. The summed E-state index contributed by atoms with van der Waals surface area (Å²) in [4.78, 5) is 20.4. The van der Waals surface area contributed by atoms with Gasteiger partial charge in [0.25, 0.3) is 0 Å². The van der Waals surface area contributed by atoms with Crippen molar-refractivity contribution in [3.8, 4) is 11.5 Å². The number of ether oxygens (including phenoxy) is 1. The van der Waals surface area contributed by atoms with Gasteiger partial charge in [-0.2, -0.15) is 0 Å². The van der Waals surface area contributed by atoms with Gasteiger partial charge in [-0.25, -0.2) is 9.78 Å². The normalized spacial score (nSPS) is 10.7. The summed E-state index contributed by atoms with van der Waals surface area (Å²) in [6.45, 7) is 0. The van der Waals surface area contributed by atoms with Gasteiger partial charge in [-0.05, 0) is 24.3 Å². The minimum absolute atomic E-state index is 0.316. The highest BCUT2D eigenvalue weighted by Gasteiger charge is 2.18. The molecule has 3 rings (SSSR count). The molecule has 0 unspecified atom stereocenters. The lowest BCUT2D eigenvalue weighted by Gasteiger charge is -2.06. The van der Waals surface area contributed by atoms with Crippen LogP contribution in [0.15, 0.2) is 42.6 Å². The summed E-state index contributed by atoms with van der Waals surface area (Å²) in [5.41, 5.74) is 1.62. The van der Waals surface area contributed by atoms with Crippen LogP contribution in [-0.2, 0) is 4.74 Å². The zero-order valence-corrected chi connectivity index (χ0v) is 11.3. The van der Waals surface area contributed by atoms with Crippen molar-refractivity contribution in [1.82, 2.24) is 14.4 Å². The molecule has 6 heteroatoms. The first-order valence-electron chi connectivity index (χ1n) is 5.89. The molecule has 0 atom stereocenters. The molecular weight excluding hydrogens is 278 g/mol. The Kier molecular flexibility index (Phi) is 3.12. The number of esters is 1. The lowest BCUT2D eigenvalue weighted by Crippen LogP contribution is -2.08. The highest BCUT2D eigenvalue weighted by Crippen LogP contribution is 2.26. The van der Waals surface area contributed by atoms with Crippen LogP contribution in [0.5, 0.6) is 0 Å². The van der Waals surface area contributed by atoms with Crippen LogP contribution in [0.1, 0.15) is 10.5 Å². The molecule has 20 heavy (non-hydrogen) atoms. The molecule has 0 aliphatic carbocycles. The Bertz CT molecular complexity index is 784. The number of nitrogens with zero attached hydrogens (tertiary/aromatic N) is 3. The van der Waals surface area contributed by atoms with Gasteiger partial charge in [0.05, 0.1) is 12.6 Å². The maximum atomic E-state index is 11.9. The van der Waals surface area contributed by atoms with E-state index < -0.39 is 5.97 Å². The predicted molar refractivity (Wildman–Crippen MR) is 74.8 cm³/mol. The van der Waals surface area contributed by atoms with Gasteiger partial charge in [0, 0.05) is 6.20 Å². The fraction of sp³-hybridized carbons (Fsp3) is 0.0714. The maximum absolute atomic E-state index is 11.9. The number of fused-ring (bicyclic) bond motifs is 1. The molecule has 0 saturated carbocycles. The van der Waals surface area contributed by atoms with E-state index in [0.29, 0.717) is 27.9 Å². The quantitative estimate of drug-likeness (QED) is 0.680. The molecule has 0 aliphatic rings. The van der Waals surface area contributed by atoms with Crippen molar-refractivity contribution in [2.75, 3.05) is 7.11 Å². The number of halogens is 1. The average Bonchev–Trinajstić information content (AvgIpc) is 2.85. The molecule has 0 radical (unpaired) electrons. The molecule has 3 heterocycles. The molecule has 0 fully saturated rings. The van der Waals surface area contributed by atoms with Gasteiger partial charge in [0.2, 0.25) is 0 Å². The molecule has 3 aromatic rings. The van der Waals surface area contributed by atoms with Crippen molar-refractivity contribution >= 4 is 23.1 Å². The largest absolute Gasteiger partial charge is 0.464 e. The Hall–Kier alpha value is -2.40. The summed E-state index contributed by atoms with van der Waals surface area (Å²) in [7, 11) is 1.33. The zero-order chi connectivity index (χ0) is 14.1. The van der Waals surface area contributed by atoms with E-state index in [2.05, 4.69) is 9.97 Å². The van der Waals surface area contributed by atoms with E-state index in [4.69, 9.17) is 16.3 Å². The summed E-state index contributed by atoms with van der Waals surface area (Å²) in [5, 5.41) is 0.316. The molecule has 3 aromatic heterocycles. The Balaban J connectivity index is 2.36. The van der Waals surface area contributed by atoms with Gasteiger partial charge in [-0.3, -0.25) is 9.38 Å². The van der Waals surface area contributed by atoms with Crippen molar-refractivity contribution in [2.45, 2.75) is 0 Å². The van der Waals surface area contributed by atoms with Gasteiger partial charge in [0.1, 0.15) is 11.4 Å². The fourth-order valence-corrected chi connectivity index (χ4v) is 2.26. The third-order valence-corrected chi connectivity index (χ3v) is 3.18. The predicted octanol–water partition coefficient (Wildman–Crippen LogP) is 2.84. The highest BCUT2D eigenvalue weighted by atomic mass is 35.5. The number of hydrogen-bond donors (Lipinski definition) is 0. The first kappa shape index (κ1) is 12.6. The monoisotopic (exact) mass is 287 g/mol. The summed E-state index contributed by atoms with van der Waals surface area (Å²) in [6.07, 6.45) is 1.66. The molecule has 0 spiro atoms. The molecule has 0 aromatic carbocycles. The second kappa shape index (κ2) is 4.94. The second-order valence-corrected chi connectivity index (χ2v) is 4.42. The lowest BCUT2D eigenvalue weighted by molar-refractivity contribution is 0.0592. The SMILES string of the molecule is COC(=O)c1cccc2c(Cl)nc(-c3ccccn3)n12. The number of carbonyl (C=O) groups is 1. The molecule has 100 valence electrons. The lowest BCUT2D eigenvalue weighted by atomic mass is 10.3. The Labute approximate surface area is 119 Å². The number of imidazole rings is 1. The van der Waals surface area contributed by atoms with E-state index in [1.54, 1.807) is 34.9 Å². The third kappa shape index (κ3) is 1.92. The number of carbonyl (C=O) groups excluding carboxylic acids is 1. The minimum Gasteiger partial charge on any atom is -0.464 e. The summed E-state index contributed by atoms with van der Waals surface area (Å²) in [6, 6.07) is 10.6. The van der Waals surface area contributed by atoms with Gasteiger partial charge >= 0.3 is 5.97 Å². The van der Waals surface area contributed by atoms with E-state index in [9.17, 15) is 4.79 Å². The van der Waals surface area contributed by atoms with E-state index >= 15 is 0 Å². The highest BCUT2D eigenvalue weighted by molar-refractivity contribution is 6.33. The van der Waals surface area contributed by atoms with Crippen molar-refractivity contribution in [3.05, 3.63) is 53.4 Å². The fourth-order valence-electron chi connectivity index (χ4n) is 2.03. The average molecular weight is 288 g/mol. The molecule has 0 N–H and O–H groups in total. The van der Waals surface area contributed by atoms with Crippen molar-refractivity contribution in [3.63, 3.8) is 0 Å². The van der Waals surface area contributed by atoms with Crippen LogP contribution in [0.2, 0.25) is 5.15 Å². The topological polar surface area (TPSA) is 56.5 Å². The van der Waals surface area contributed by atoms with Gasteiger partial charge in [-0.15, -0.1) is 0 Å². The van der Waals surface area contributed by atoms with Crippen LogP contribution < -0.4 is 0 Å². The Morgan fingerprint density at radius 2 is 2.10 bits per heavy atom. The van der Waals surface area contributed by atoms with Crippen molar-refractivity contribution in [1.29, 1.82) is 0 Å². The van der Waals surface area contributed by atoms with Crippen LogP contribution in [0, 0.1) is 0 Å². The van der Waals surface area contributed by atoms with Crippen LogP contribution >= 0.6 is 11.6 Å². The van der Waals surface area contributed by atoms with E-state index in [1.165, 1.54) is 7.11 Å². The van der Waals surface area contributed by atoms with E-state index in [-0.39, 0.29) is 0 Å². The third-order valence-electron chi connectivity index (χ3n) is 2.91. The standard InChI is InChI=1S/C14H10ClN3O2/c1-20-14(19)11-7-4-6-10-12(15)17-13(18(10)11)9-5-2-3-8-16-9/h2-8H,1H3. The minimum atomic E-state index is -0.457. The summed E-state index contributed by atoms with van der Waals surface area (Å²) < 4.78 is 6.44. The van der Waals surface area contributed by atoms with Gasteiger partial charge < -0.3 is 4.74 Å². The van der Waals surface area contributed by atoms with Crippen molar-refractivity contribution < 1.29 is 9.53 Å². The van der Waals surface area contributed by atoms with Crippen LogP contribution in [0.25, 0.3) is 17.0 Å². The molecule has 0 amide bonds. The van der Waals surface area contributed by atoms with Crippen LogP contribution in [0.4, 0.5) is 0 Å². The maximum Gasteiger partial charge on any atom is 0.355 e. The summed E-state index contributed by atoms with van der Waals surface area (Å²) >= 11 is 6.14. The Morgan fingerprint density at radius 1 is 1.25 bits per heavy atom. The first-order valence-corrected chi connectivity index (χ1v) is 6.27. The molecule has 5 nitrogen and oxygen atoms in total. The van der Waals surface area contributed by atoms with Crippen LogP contribution in [-0.4, -0.2) is 27.4 Å². The number of pyridine rings is 2. The van der Waals surface area contributed by atoms with E-state index in [0.717, 1.165) is 0 Å². The molecule has 0 saturated heterocycles. The van der Waals surface area contributed by atoms with Gasteiger partial charge in [-0.1, -0.05) is 23.7 Å². The molecule has 0 bridgehead atoms. The Morgan fingerprint density at radius 3 is 2.80 bits per heavy atom. The van der Waals surface area contributed by atoms with E-state index in [1.807, 2.05) is 12.1 Å². The smallest absolute Gasteiger partial charge is 0.355 e. The number of aromatic nitrogens is 3. The second-order valence-electron chi connectivity index (χ2n) is 4.06. The number of rotatable bonds is 2. The molecular formula is C14H10ClN3O2. The van der Waals surface area contributed by atoms with Crippen molar-refractivity contribution in [2.24, 2.45) is 0 Å². The molecule has 0 aliphatic heterocycles.